The summed E-state index contributed by atoms with van der Waals surface area (Å²) in [6.45, 7) is 3.59. The highest BCUT2D eigenvalue weighted by molar-refractivity contribution is 5.75. The predicted molar refractivity (Wildman–Crippen MR) is 71.0 cm³/mol. The van der Waals surface area contributed by atoms with E-state index in [9.17, 15) is 4.39 Å². The van der Waals surface area contributed by atoms with Crippen LogP contribution >= 0.6 is 0 Å². The summed E-state index contributed by atoms with van der Waals surface area (Å²) in [5, 5.41) is 0. The molecule has 5 heteroatoms. The van der Waals surface area contributed by atoms with Crippen molar-refractivity contribution in [3.05, 3.63) is 35.6 Å². The van der Waals surface area contributed by atoms with Crippen LogP contribution in [0.2, 0.25) is 0 Å². The summed E-state index contributed by atoms with van der Waals surface area (Å²) in [5.74, 6) is -0.0780. The molecule has 0 aliphatic carbocycles. The van der Waals surface area contributed by atoms with E-state index in [1.807, 2.05) is 0 Å². The summed E-state index contributed by atoms with van der Waals surface area (Å²) >= 11 is 0. The molecule has 20 heavy (non-hydrogen) atoms. The van der Waals surface area contributed by atoms with Crippen LogP contribution in [0.4, 0.5) is 8.78 Å². The third-order valence-corrected chi connectivity index (χ3v) is 4.25. The second kappa shape index (κ2) is 4.52. The Kier molecular flexibility index (Phi) is 3.05. The van der Waals surface area contributed by atoms with Crippen molar-refractivity contribution in [2.45, 2.75) is 37.6 Å². The lowest BCUT2D eigenvalue weighted by Gasteiger charge is -2.49. The van der Waals surface area contributed by atoms with Crippen LogP contribution < -0.4 is 0 Å². The first-order valence-electron chi connectivity index (χ1n) is 6.72. The smallest absolute Gasteiger partial charge is 0.199 e. The highest BCUT2D eigenvalue weighted by atomic mass is 19.1. The van der Waals surface area contributed by atoms with Crippen molar-refractivity contribution in [3.63, 3.8) is 0 Å². The quantitative estimate of drug-likeness (QED) is 0.792. The van der Waals surface area contributed by atoms with Crippen LogP contribution in [0, 0.1) is 5.82 Å². The average Bonchev–Trinajstić information content (AvgIpc) is 2.40. The number of hydrogen-bond acceptors (Lipinski definition) is 3. The lowest BCUT2D eigenvalue weighted by atomic mass is 9.72. The van der Waals surface area contributed by atoms with Gasteiger partial charge in [0.2, 0.25) is 0 Å². The number of aliphatic imine (C=N–C) groups is 1. The molecule has 2 aliphatic heterocycles. The van der Waals surface area contributed by atoms with E-state index in [0.29, 0.717) is 18.9 Å². The van der Waals surface area contributed by atoms with Gasteiger partial charge in [-0.15, -0.1) is 0 Å². The molecule has 2 unspecified atom stereocenters. The van der Waals surface area contributed by atoms with E-state index < -0.39 is 23.1 Å². The Morgan fingerprint density at radius 2 is 2.10 bits per heavy atom. The van der Waals surface area contributed by atoms with Crippen LogP contribution in [-0.2, 0) is 15.0 Å². The molecule has 3 rings (SSSR count). The minimum absolute atomic E-state index is 0.140. The van der Waals surface area contributed by atoms with E-state index in [2.05, 4.69) is 4.99 Å². The molecule has 1 aromatic rings. The third-order valence-electron chi connectivity index (χ3n) is 4.25. The average molecular weight is 281 g/mol. The first kappa shape index (κ1) is 13.5. The van der Waals surface area contributed by atoms with Gasteiger partial charge in [0.1, 0.15) is 17.5 Å². The maximum absolute atomic E-state index is 15.6. The summed E-state index contributed by atoms with van der Waals surface area (Å²) in [6, 6.07) is 6.16. The number of rotatable bonds is 1. The predicted octanol–water partition coefficient (Wildman–Crippen LogP) is 2.99. The Hall–Kier alpha value is -1.49. The molecule has 2 aliphatic rings. The van der Waals surface area contributed by atoms with Gasteiger partial charge in [-0.25, -0.2) is 13.8 Å². The lowest BCUT2D eigenvalue weighted by Crippen LogP contribution is -2.63. The van der Waals surface area contributed by atoms with E-state index in [1.165, 1.54) is 6.07 Å². The van der Waals surface area contributed by atoms with Crippen LogP contribution in [0.15, 0.2) is 29.3 Å². The topological polar surface area (TPSA) is 30.8 Å². The van der Waals surface area contributed by atoms with Crippen molar-refractivity contribution in [1.29, 1.82) is 0 Å². The normalized spacial score (nSPS) is 36.8. The Balaban J connectivity index is 2.18. The fourth-order valence-corrected chi connectivity index (χ4v) is 3.12. The maximum Gasteiger partial charge on any atom is 0.199 e. The van der Waals surface area contributed by atoms with E-state index >= 15 is 4.39 Å². The van der Waals surface area contributed by atoms with Gasteiger partial charge in [-0.05, 0) is 13.0 Å². The highest BCUT2D eigenvalue weighted by Gasteiger charge is 2.61. The largest absolute Gasteiger partial charge is 0.474 e. The molecule has 0 saturated carbocycles. The molecule has 0 amide bonds. The zero-order valence-electron chi connectivity index (χ0n) is 11.5. The number of benzene rings is 1. The third kappa shape index (κ3) is 1.76. The Labute approximate surface area is 116 Å². The molecule has 0 bridgehead atoms. The van der Waals surface area contributed by atoms with E-state index in [-0.39, 0.29) is 12.2 Å². The molecule has 0 N–H and O–H groups in total. The van der Waals surface area contributed by atoms with Crippen LogP contribution in [-0.4, -0.2) is 30.9 Å². The summed E-state index contributed by atoms with van der Waals surface area (Å²) in [5.41, 5.74) is -2.97. The Morgan fingerprint density at radius 1 is 1.35 bits per heavy atom. The molecule has 3 nitrogen and oxygen atoms in total. The van der Waals surface area contributed by atoms with Gasteiger partial charge < -0.3 is 9.47 Å². The maximum atomic E-state index is 15.6. The van der Waals surface area contributed by atoms with Crippen molar-refractivity contribution in [2.75, 3.05) is 13.2 Å². The van der Waals surface area contributed by atoms with Gasteiger partial charge in [-0.1, -0.05) is 18.2 Å². The standard InChI is InChI=1S/C15H17F2NO2/c1-10-18-14(2,11-5-3-4-6-12(11)16)15(17)9-19-8-7-13(15)20-10/h3-6,13H,7-9H2,1-2H3/t13?,14-,15?/m1/s1. The Bertz CT molecular complexity index is 563. The van der Waals surface area contributed by atoms with Gasteiger partial charge in [0.05, 0.1) is 13.2 Å². The summed E-state index contributed by atoms with van der Waals surface area (Å²) in [7, 11) is 0. The van der Waals surface area contributed by atoms with Crippen molar-refractivity contribution < 1.29 is 18.3 Å². The van der Waals surface area contributed by atoms with Crippen molar-refractivity contribution >= 4 is 5.90 Å². The fourth-order valence-electron chi connectivity index (χ4n) is 3.12. The van der Waals surface area contributed by atoms with E-state index in [1.54, 1.807) is 32.0 Å². The molecule has 1 aromatic carbocycles. The number of halogens is 2. The van der Waals surface area contributed by atoms with Crippen LogP contribution in [0.1, 0.15) is 25.8 Å². The van der Waals surface area contributed by atoms with Crippen molar-refractivity contribution in [1.82, 2.24) is 0 Å². The van der Waals surface area contributed by atoms with Crippen LogP contribution in [0.25, 0.3) is 0 Å². The van der Waals surface area contributed by atoms with Gasteiger partial charge in [0.25, 0.3) is 0 Å². The molecule has 1 saturated heterocycles. The molecule has 108 valence electrons. The van der Waals surface area contributed by atoms with Crippen molar-refractivity contribution in [3.8, 4) is 0 Å². The molecule has 0 spiro atoms. The van der Waals surface area contributed by atoms with Crippen LogP contribution in [0.5, 0.6) is 0 Å². The monoisotopic (exact) mass is 281 g/mol. The molecule has 3 atom stereocenters. The Morgan fingerprint density at radius 3 is 2.85 bits per heavy atom. The van der Waals surface area contributed by atoms with Gasteiger partial charge in [0, 0.05) is 18.9 Å². The number of fused-ring (bicyclic) bond motifs is 1. The zero-order valence-corrected chi connectivity index (χ0v) is 11.5. The highest BCUT2D eigenvalue weighted by Crippen LogP contribution is 2.48. The van der Waals surface area contributed by atoms with Gasteiger partial charge >= 0.3 is 0 Å². The van der Waals surface area contributed by atoms with Gasteiger partial charge in [0.15, 0.2) is 11.6 Å². The number of hydrogen-bond donors (Lipinski definition) is 0. The van der Waals surface area contributed by atoms with Crippen LogP contribution in [0.3, 0.4) is 0 Å². The number of nitrogens with zero attached hydrogens (tertiary/aromatic N) is 1. The first-order chi connectivity index (χ1) is 9.47. The lowest BCUT2D eigenvalue weighted by molar-refractivity contribution is -0.154. The first-order valence-corrected chi connectivity index (χ1v) is 6.72. The summed E-state index contributed by atoms with van der Waals surface area (Å²) in [4.78, 5) is 4.30. The molecular weight excluding hydrogens is 264 g/mol. The van der Waals surface area contributed by atoms with Gasteiger partial charge in [-0.3, -0.25) is 0 Å². The molecule has 0 aromatic heterocycles. The minimum atomic E-state index is -1.87. The van der Waals surface area contributed by atoms with E-state index in [0.717, 1.165) is 0 Å². The number of alkyl halides is 1. The number of ether oxygens (including phenoxy) is 2. The van der Waals surface area contributed by atoms with E-state index in [4.69, 9.17) is 9.47 Å². The minimum Gasteiger partial charge on any atom is -0.474 e. The second-order valence-corrected chi connectivity index (χ2v) is 5.49. The zero-order chi connectivity index (χ0) is 14.4. The molecular formula is C15H17F2NO2. The van der Waals surface area contributed by atoms with Crippen molar-refractivity contribution in [2.24, 2.45) is 4.99 Å². The summed E-state index contributed by atoms with van der Waals surface area (Å²) in [6.07, 6.45) is -0.216. The summed E-state index contributed by atoms with van der Waals surface area (Å²) < 4.78 is 40.5. The molecule has 2 heterocycles. The molecule has 1 fully saturated rings. The molecule has 0 radical (unpaired) electrons. The van der Waals surface area contributed by atoms with Gasteiger partial charge in [-0.2, -0.15) is 0 Å². The second-order valence-electron chi connectivity index (χ2n) is 5.49. The SMILES string of the molecule is CC1=N[C@](C)(c2ccccc2F)C2(F)COCCC2O1. The fraction of sp³-hybridized carbons (Fsp3) is 0.533.